The number of hydrogen-bond donors (Lipinski definition) is 1. The van der Waals surface area contributed by atoms with Gasteiger partial charge in [0.05, 0.1) is 0 Å². The molecule has 0 spiro atoms. The molecule has 0 aromatic carbocycles. The van der Waals surface area contributed by atoms with Gasteiger partial charge in [-0.1, -0.05) is 19.4 Å². The van der Waals surface area contributed by atoms with Crippen LogP contribution in [-0.2, 0) is 9.53 Å². The zero-order chi connectivity index (χ0) is 11.3. The summed E-state index contributed by atoms with van der Waals surface area (Å²) in [7, 11) is 0. The molecule has 0 bridgehead atoms. The number of carbonyl (C=O) groups is 1. The van der Waals surface area contributed by atoms with E-state index in [1.165, 1.54) is 6.42 Å². The van der Waals surface area contributed by atoms with Gasteiger partial charge < -0.3 is 10.5 Å². The molecule has 0 aliphatic heterocycles. The van der Waals surface area contributed by atoms with Crippen LogP contribution in [0.15, 0.2) is 12.7 Å². The first-order chi connectivity index (χ1) is 7.13. The van der Waals surface area contributed by atoms with Gasteiger partial charge in [0.15, 0.2) is 0 Å². The maximum absolute atomic E-state index is 11.5. The van der Waals surface area contributed by atoms with E-state index in [1.807, 2.05) is 0 Å². The molecule has 2 N–H and O–H groups in total. The Morgan fingerprint density at radius 3 is 3.00 bits per heavy atom. The second-order valence-electron chi connectivity index (χ2n) is 4.46. The molecule has 86 valence electrons. The Morgan fingerprint density at radius 1 is 1.67 bits per heavy atom. The lowest BCUT2D eigenvalue weighted by atomic mass is 9.89. The molecule has 1 aliphatic rings. The maximum Gasteiger partial charge on any atom is 0.323 e. The molecule has 3 unspecified atom stereocenters. The Morgan fingerprint density at radius 2 is 2.40 bits per heavy atom. The zero-order valence-electron chi connectivity index (χ0n) is 9.45. The normalized spacial score (nSPS) is 28.1. The molecule has 0 aromatic heterocycles. The lowest BCUT2D eigenvalue weighted by Crippen LogP contribution is -2.35. The van der Waals surface area contributed by atoms with Gasteiger partial charge in [-0.3, -0.25) is 4.79 Å². The van der Waals surface area contributed by atoms with Crippen molar-refractivity contribution in [1.82, 2.24) is 0 Å². The number of hydrogen-bond acceptors (Lipinski definition) is 3. The molecular formula is C12H21NO2. The first kappa shape index (κ1) is 12.2. The highest BCUT2D eigenvalue weighted by Crippen LogP contribution is 2.25. The van der Waals surface area contributed by atoms with Crippen LogP contribution < -0.4 is 5.73 Å². The Bertz CT molecular complexity index is 228. The van der Waals surface area contributed by atoms with E-state index in [4.69, 9.17) is 10.5 Å². The average molecular weight is 211 g/mol. The predicted octanol–water partition coefficient (Wildman–Crippen LogP) is 2.01. The third-order valence-corrected chi connectivity index (χ3v) is 2.89. The van der Waals surface area contributed by atoms with E-state index < -0.39 is 6.04 Å². The third kappa shape index (κ3) is 4.04. The van der Waals surface area contributed by atoms with Gasteiger partial charge in [0.1, 0.15) is 12.1 Å². The quantitative estimate of drug-likeness (QED) is 0.571. The third-order valence-electron chi connectivity index (χ3n) is 2.89. The fraction of sp³-hybridized carbons (Fsp3) is 0.750. The van der Waals surface area contributed by atoms with Crippen molar-refractivity contribution in [2.75, 3.05) is 0 Å². The lowest BCUT2D eigenvalue weighted by Gasteiger charge is -2.27. The molecule has 0 saturated heterocycles. The minimum Gasteiger partial charge on any atom is -0.461 e. The Labute approximate surface area is 91.7 Å². The van der Waals surface area contributed by atoms with Crippen LogP contribution in [-0.4, -0.2) is 18.1 Å². The zero-order valence-corrected chi connectivity index (χ0v) is 9.45. The largest absolute Gasteiger partial charge is 0.461 e. The van der Waals surface area contributed by atoms with Crippen molar-refractivity contribution >= 4 is 5.97 Å². The summed E-state index contributed by atoms with van der Waals surface area (Å²) in [4.78, 5) is 11.5. The average Bonchev–Trinajstić information content (AvgIpc) is 2.18. The summed E-state index contributed by atoms with van der Waals surface area (Å²) >= 11 is 0. The van der Waals surface area contributed by atoms with Gasteiger partial charge in [-0.2, -0.15) is 0 Å². The van der Waals surface area contributed by atoms with Gasteiger partial charge in [0, 0.05) is 0 Å². The van der Waals surface area contributed by atoms with Gasteiger partial charge in [0.25, 0.3) is 0 Å². The molecule has 0 heterocycles. The summed E-state index contributed by atoms with van der Waals surface area (Å²) in [5.41, 5.74) is 5.63. The second kappa shape index (κ2) is 5.91. The molecule has 15 heavy (non-hydrogen) atoms. The summed E-state index contributed by atoms with van der Waals surface area (Å²) in [6.45, 7) is 5.75. The highest BCUT2D eigenvalue weighted by atomic mass is 16.5. The summed E-state index contributed by atoms with van der Waals surface area (Å²) in [5, 5.41) is 0. The van der Waals surface area contributed by atoms with Gasteiger partial charge in [0.2, 0.25) is 0 Å². The second-order valence-corrected chi connectivity index (χ2v) is 4.46. The van der Waals surface area contributed by atoms with E-state index in [-0.39, 0.29) is 12.1 Å². The van der Waals surface area contributed by atoms with Gasteiger partial charge >= 0.3 is 5.97 Å². The monoisotopic (exact) mass is 211 g/mol. The topological polar surface area (TPSA) is 52.3 Å². The van der Waals surface area contributed by atoms with E-state index in [0.717, 1.165) is 19.3 Å². The smallest absolute Gasteiger partial charge is 0.323 e. The van der Waals surface area contributed by atoms with E-state index in [0.29, 0.717) is 12.3 Å². The van der Waals surface area contributed by atoms with Crippen molar-refractivity contribution in [1.29, 1.82) is 0 Å². The first-order valence-corrected chi connectivity index (χ1v) is 5.70. The van der Waals surface area contributed by atoms with Crippen LogP contribution in [0.2, 0.25) is 0 Å². The summed E-state index contributed by atoms with van der Waals surface area (Å²) < 4.78 is 5.36. The molecule has 3 heteroatoms. The molecule has 1 rings (SSSR count). The Kier molecular flexibility index (Phi) is 4.82. The summed E-state index contributed by atoms with van der Waals surface area (Å²) in [5.74, 6) is 0.376. The minimum absolute atomic E-state index is 0.0807. The van der Waals surface area contributed by atoms with Crippen LogP contribution in [0, 0.1) is 5.92 Å². The Balaban J connectivity index is 2.33. The SMILES string of the molecule is C=CCC(N)C(=O)OC1CCCC(C)C1. The number of esters is 1. The van der Waals surface area contributed by atoms with Crippen molar-refractivity contribution in [3.63, 3.8) is 0 Å². The minimum atomic E-state index is -0.542. The molecule has 1 fully saturated rings. The van der Waals surface area contributed by atoms with Crippen molar-refractivity contribution in [3.05, 3.63) is 12.7 Å². The molecule has 3 nitrogen and oxygen atoms in total. The summed E-state index contributed by atoms with van der Waals surface area (Å²) in [6.07, 6.45) is 6.57. The fourth-order valence-corrected chi connectivity index (χ4v) is 2.01. The first-order valence-electron chi connectivity index (χ1n) is 5.70. The molecule has 1 saturated carbocycles. The molecule has 0 radical (unpaired) electrons. The van der Waals surface area contributed by atoms with Crippen molar-refractivity contribution in [2.45, 2.75) is 51.2 Å². The van der Waals surface area contributed by atoms with Crippen LogP contribution in [0.3, 0.4) is 0 Å². The van der Waals surface area contributed by atoms with Crippen LogP contribution in [0.5, 0.6) is 0 Å². The maximum atomic E-state index is 11.5. The van der Waals surface area contributed by atoms with Gasteiger partial charge in [-0.15, -0.1) is 6.58 Å². The highest BCUT2D eigenvalue weighted by Gasteiger charge is 2.24. The number of nitrogens with two attached hydrogens (primary N) is 1. The summed E-state index contributed by atoms with van der Waals surface area (Å²) in [6, 6.07) is -0.542. The predicted molar refractivity (Wildman–Crippen MR) is 60.3 cm³/mol. The molecular weight excluding hydrogens is 190 g/mol. The van der Waals surface area contributed by atoms with Gasteiger partial charge in [-0.25, -0.2) is 0 Å². The molecule has 0 aromatic rings. The lowest BCUT2D eigenvalue weighted by molar-refractivity contribution is -0.152. The molecule has 0 amide bonds. The van der Waals surface area contributed by atoms with E-state index in [2.05, 4.69) is 13.5 Å². The van der Waals surface area contributed by atoms with E-state index >= 15 is 0 Å². The van der Waals surface area contributed by atoms with Crippen molar-refractivity contribution in [3.8, 4) is 0 Å². The van der Waals surface area contributed by atoms with Crippen molar-refractivity contribution < 1.29 is 9.53 Å². The standard InChI is InChI=1S/C12H21NO2/c1-3-5-11(13)12(14)15-10-7-4-6-9(2)8-10/h3,9-11H,1,4-8,13H2,2H3. The fourth-order valence-electron chi connectivity index (χ4n) is 2.01. The van der Waals surface area contributed by atoms with Crippen molar-refractivity contribution in [2.24, 2.45) is 11.7 Å². The van der Waals surface area contributed by atoms with Crippen LogP contribution in [0.1, 0.15) is 39.0 Å². The van der Waals surface area contributed by atoms with Crippen LogP contribution >= 0.6 is 0 Å². The Hall–Kier alpha value is -0.830. The number of carbonyl (C=O) groups excluding carboxylic acids is 1. The van der Waals surface area contributed by atoms with Gasteiger partial charge in [-0.05, 0) is 31.6 Å². The number of rotatable bonds is 4. The molecule has 1 aliphatic carbocycles. The molecule has 3 atom stereocenters. The van der Waals surface area contributed by atoms with E-state index in [1.54, 1.807) is 6.08 Å². The van der Waals surface area contributed by atoms with Crippen LogP contribution in [0.4, 0.5) is 0 Å². The van der Waals surface area contributed by atoms with E-state index in [9.17, 15) is 4.79 Å². The van der Waals surface area contributed by atoms with Crippen LogP contribution in [0.25, 0.3) is 0 Å². The number of ether oxygens (including phenoxy) is 1. The highest BCUT2D eigenvalue weighted by molar-refractivity contribution is 5.75.